The maximum absolute atomic E-state index is 12.4. The molecule has 0 bridgehead atoms. The predicted octanol–water partition coefficient (Wildman–Crippen LogP) is 1.48. The number of aliphatic carboxylic acids is 1. The second-order valence-corrected chi connectivity index (χ2v) is 7.14. The van der Waals surface area contributed by atoms with Gasteiger partial charge in [-0.1, -0.05) is 0 Å². The van der Waals surface area contributed by atoms with Gasteiger partial charge in [-0.2, -0.15) is 5.10 Å². The summed E-state index contributed by atoms with van der Waals surface area (Å²) in [6, 6.07) is 7.29. The summed E-state index contributed by atoms with van der Waals surface area (Å²) < 4.78 is 34.1. The van der Waals surface area contributed by atoms with E-state index >= 15 is 0 Å². The number of carboxylic acids is 1. The number of carbonyl (C=O) groups is 1. The smallest absolute Gasteiger partial charge is 0.341 e. The van der Waals surface area contributed by atoms with Crippen LogP contribution < -0.4 is 9.46 Å². The first kappa shape index (κ1) is 16.3. The molecule has 0 saturated carbocycles. The summed E-state index contributed by atoms with van der Waals surface area (Å²) in [4.78, 5) is 10.5. The number of anilines is 1. The Morgan fingerprint density at radius 3 is 2.71 bits per heavy atom. The Labute approximate surface area is 139 Å². The van der Waals surface area contributed by atoms with Gasteiger partial charge in [0.15, 0.2) is 12.4 Å². The summed E-state index contributed by atoms with van der Waals surface area (Å²) in [7, 11) is -3.76. The zero-order valence-corrected chi connectivity index (χ0v) is 13.6. The molecule has 128 valence electrons. The maximum Gasteiger partial charge on any atom is 0.341 e. The molecule has 2 heterocycles. The van der Waals surface area contributed by atoms with E-state index in [1.165, 1.54) is 24.3 Å². The number of hydrogen-bond acceptors (Lipinski definition) is 5. The fraction of sp³-hybridized carbons (Fsp3) is 0.333. The van der Waals surface area contributed by atoms with Gasteiger partial charge in [0.1, 0.15) is 5.75 Å². The van der Waals surface area contributed by atoms with Gasteiger partial charge < -0.3 is 9.84 Å². The number of nitrogens with one attached hydrogen (secondary N) is 1. The zero-order chi connectivity index (χ0) is 17.2. The van der Waals surface area contributed by atoms with Crippen molar-refractivity contribution in [1.82, 2.24) is 9.78 Å². The van der Waals surface area contributed by atoms with Crippen molar-refractivity contribution < 1.29 is 23.1 Å². The molecule has 2 N–H and O–H groups in total. The third kappa shape index (κ3) is 3.67. The second-order valence-electron chi connectivity index (χ2n) is 5.46. The molecule has 1 aromatic heterocycles. The summed E-state index contributed by atoms with van der Waals surface area (Å²) in [6.45, 7) is 0.317. The molecule has 0 amide bonds. The van der Waals surface area contributed by atoms with Crippen molar-refractivity contribution in [3.8, 4) is 5.75 Å². The van der Waals surface area contributed by atoms with Gasteiger partial charge in [-0.15, -0.1) is 0 Å². The van der Waals surface area contributed by atoms with Crippen molar-refractivity contribution in [1.29, 1.82) is 0 Å². The van der Waals surface area contributed by atoms with Gasteiger partial charge >= 0.3 is 5.97 Å². The fourth-order valence-electron chi connectivity index (χ4n) is 2.52. The molecule has 1 aromatic carbocycles. The Morgan fingerprint density at radius 2 is 2.04 bits per heavy atom. The molecule has 0 radical (unpaired) electrons. The van der Waals surface area contributed by atoms with Gasteiger partial charge in [0.05, 0.1) is 4.90 Å². The van der Waals surface area contributed by atoms with Crippen LogP contribution in [0.2, 0.25) is 0 Å². The number of nitrogens with zero attached hydrogens (tertiary/aromatic N) is 2. The normalized spacial score (nSPS) is 14.0. The van der Waals surface area contributed by atoms with E-state index in [0.717, 1.165) is 31.5 Å². The average molecular weight is 351 g/mol. The number of aromatic nitrogens is 2. The molecule has 0 aliphatic carbocycles. The first-order valence-corrected chi connectivity index (χ1v) is 8.96. The molecular formula is C15H17N3O5S. The van der Waals surface area contributed by atoms with E-state index in [-0.39, 0.29) is 10.6 Å². The van der Waals surface area contributed by atoms with Gasteiger partial charge in [0, 0.05) is 18.3 Å². The van der Waals surface area contributed by atoms with Crippen molar-refractivity contribution in [2.24, 2.45) is 0 Å². The standard InChI is InChI=1S/C15H17N3O5S/c19-15(20)10-23-12-4-6-13(7-5-12)24(21,22)17-14-9-11-3-1-2-8-18(11)16-14/h4-7,9H,1-3,8,10H2,(H,16,17)(H,19,20). The number of ether oxygens (including phenoxy) is 1. The predicted molar refractivity (Wildman–Crippen MR) is 85.5 cm³/mol. The van der Waals surface area contributed by atoms with Crippen LogP contribution >= 0.6 is 0 Å². The Morgan fingerprint density at radius 1 is 1.29 bits per heavy atom. The van der Waals surface area contributed by atoms with Crippen molar-refractivity contribution in [3.05, 3.63) is 36.0 Å². The van der Waals surface area contributed by atoms with Crippen LogP contribution in [0, 0.1) is 0 Å². The molecule has 3 rings (SSSR count). The van der Waals surface area contributed by atoms with Crippen LogP contribution in [0.4, 0.5) is 5.82 Å². The van der Waals surface area contributed by atoms with E-state index in [4.69, 9.17) is 9.84 Å². The largest absolute Gasteiger partial charge is 0.482 e. The number of hydrogen-bond donors (Lipinski definition) is 2. The number of aryl methyl sites for hydroxylation is 2. The molecule has 1 aliphatic rings. The molecule has 24 heavy (non-hydrogen) atoms. The molecule has 1 aliphatic heterocycles. The summed E-state index contributed by atoms with van der Waals surface area (Å²) in [5, 5.41) is 12.8. The van der Waals surface area contributed by atoms with Crippen molar-refractivity contribution in [2.45, 2.75) is 30.7 Å². The summed E-state index contributed by atoms with van der Waals surface area (Å²) in [5.74, 6) is -0.510. The van der Waals surface area contributed by atoms with E-state index < -0.39 is 22.6 Å². The van der Waals surface area contributed by atoms with Gasteiger partial charge in [0.2, 0.25) is 0 Å². The molecule has 0 saturated heterocycles. The molecule has 0 atom stereocenters. The minimum atomic E-state index is -3.76. The second kappa shape index (κ2) is 6.52. The molecule has 9 heteroatoms. The number of carboxylic acid groups (broad SMARTS) is 1. The topological polar surface area (TPSA) is 111 Å². The van der Waals surface area contributed by atoms with Crippen LogP contribution in [-0.2, 0) is 27.8 Å². The quantitative estimate of drug-likeness (QED) is 0.816. The number of fused-ring (bicyclic) bond motifs is 1. The maximum atomic E-state index is 12.4. The Balaban J connectivity index is 1.73. The monoisotopic (exact) mass is 351 g/mol. The first-order valence-electron chi connectivity index (χ1n) is 7.48. The van der Waals surface area contributed by atoms with E-state index in [9.17, 15) is 13.2 Å². The minimum Gasteiger partial charge on any atom is -0.482 e. The van der Waals surface area contributed by atoms with Crippen molar-refractivity contribution in [3.63, 3.8) is 0 Å². The van der Waals surface area contributed by atoms with E-state index in [2.05, 4.69) is 9.82 Å². The molecule has 0 unspecified atom stereocenters. The van der Waals surface area contributed by atoms with E-state index in [0.29, 0.717) is 5.82 Å². The average Bonchev–Trinajstić information content (AvgIpc) is 2.94. The van der Waals surface area contributed by atoms with Crippen LogP contribution in [0.3, 0.4) is 0 Å². The lowest BCUT2D eigenvalue weighted by atomic mass is 10.1. The number of sulfonamides is 1. The summed E-state index contributed by atoms with van der Waals surface area (Å²) >= 11 is 0. The summed E-state index contributed by atoms with van der Waals surface area (Å²) in [5.41, 5.74) is 1.02. The highest BCUT2D eigenvalue weighted by atomic mass is 32.2. The molecule has 0 spiro atoms. The zero-order valence-electron chi connectivity index (χ0n) is 12.8. The number of benzene rings is 1. The van der Waals surface area contributed by atoms with Crippen molar-refractivity contribution in [2.75, 3.05) is 11.3 Å². The third-order valence-electron chi connectivity index (χ3n) is 3.65. The molecule has 0 fully saturated rings. The minimum absolute atomic E-state index is 0.0520. The first-order chi connectivity index (χ1) is 11.4. The molecule has 2 aromatic rings. The third-order valence-corrected chi connectivity index (χ3v) is 5.02. The summed E-state index contributed by atoms with van der Waals surface area (Å²) in [6.07, 6.45) is 3.01. The molecule has 8 nitrogen and oxygen atoms in total. The van der Waals surface area contributed by atoms with Crippen molar-refractivity contribution >= 4 is 21.8 Å². The highest BCUT2D eigenvalue weighted by Gasteiger charge is 2.18. The van der Waals surface area contributed by atoms with Crippen LogP contribution in [0.15, 0.2) is 35.2 Å². The van der Waals surface area contributed by atoms with E-state index in [1.54, 1.807) is 6.07 Å². The van der Waals surface area contributed by atoms with Gasteiger partial charge in [0.25, 0.3) is 10.0 Å². The Hall–Kier alpha value is -2.55. The SMILES string of the molecule is O=C(O)COc1ccc(S(=O)(=O)Nc2cc3n(n2)CCCC3)cc1. The van der Waals surface area contributed by atoms with Gasteiger partial charge in [-0.05, 0) is 43.5 Å². The van der Waals surface area contributed by atoms with Crippen LogP contribution in [0.25, 0.3) is 0 Å². The van der Waals surface area contributed by atoms with Gasteiger partial charge in [-0.25, -0.2) is 13.2 Å². The van der Waals surface area contributed by atoms with Crippen LogP contribution in [0.1, 0.15) is 18.5 Å². The van der Waals surface area contributed by atoms with E-state index in [1.807, 2.05) is 4.68 Å². The van der Waals surface area contributed by atoms with Crippen LogP contribution in [-0.4, -0.2) is 35.9 Å². The lowest BCUT2D eigenvalue weighted by Crippen LogP contribution is -2.14. The lowest BCUT2D eigenvalue weighted by Gasteiger charge is -2.11. The fourth-order valence-corrected chi connectivity index (χ4v) is 3.51. The lowest BCUT2D eigenvalue weighted by molar-refractivity contribution is -0.139. The Kier molecular flexibility index (Phi) is 4.43. The van der Waals surface area contributed by atoms with Gasteiger partial charge in [-0.3, -0.25) is 9.40 Å². The number of rotatable bonds is 6. The molecular weight excluding hydrogens is 334 g/mol. The Bertz CT molecular complexity index is 819. The highest BCUT2D eigenvalue weighted by Crippen LogP contribution is 2.22. The van der Waals surface area contributed by atoms with Crippen LogP contribution in [0.5, 0.6) is 5.75 Å². The highest BCUT2D eigenvalue weighted by molar-refractivity contribution is 7.92.